The lowest BCUT2D eigenvalue weighted by molar-refractivity contribution is 0.252. The predicted molar refractivity (Wildman–Crippen MR) is 95.7 cm³/mol. The maximum Gasteiger partial charge on any atom is 0.319 e. The van der Waals surface area contributed by atoms with Crippen LogP contribution in [0, 0.1) is 0 Å². The van der Waals surface area contributed by atoms with Crippen molar-refractivity contribution in [1.82, 2.24) is 5.32 Å². The van der Waals surface area contributed by atoms with Gasteiger partial charge in [-0.2, -0.15) is 0 Å². The van der Waals surface area contributed by atoms with Crippen molar-refractivity contribution in [2.75, 3.05) is 17.6 Å². The van der Waals surface area contributed by atoms with Gasteiger partial charge in [0.15, 0.2) is 9.84 Å². The highest BCUT2D eigenvalue weighted by Crippen LogP contribution is 2.27. The molecular weight excluding hydrogens is 324 g/mol. The second-order valence-electron chi connectivity index (χ2n) is 5.88. The van der Waals surface area contributed by atoms with Crippen LogP contribution in [0.1, 0.15) is 12.8 Å². The molecule has 2 aromatic rings. The fourth-order valence-corrected chi connectivity index (χ4v) is 4.69. The molecule has 1 saturated heterocycles. The summed E-state index contributed by atoms with van der Waals surface area (Å²) in [6.07, 6.45) is 1.29. The lowest BCUT2D eigenvalue weighted by Gasteiger charge is -2.14. The van der Waals surface area contributed by atoms with Gasteiger partial charge in [0.25, 0.3) is 0 Å². The van der Waals surface area contributed by atoms with Crippen LogP contribution < -0.4 is 10.6 Å². The minimum atomic E-state index is -3.05. The van der Waals surface area contributed by atoms with E-state index in [4.69, 9.17) is 0 Å². The molecule has 2 N–H and O–H groups in total. The summed E-state index contributed by atoms with van der Waals surface area (Å²) in [6, 6.07) is 16.9. The number of rotatable bonds is 4. The molecule has 6 heteroatoms. The maximum absolute atomic E-state index is 12.1. The lowest BCUT2D eigenvalue weighted by Crippen LogP contribution is -2.37. The van der Waals surface area contributed by atoms with E-state index >= 15 is 0 Å². The van der Waals surface area contributed by atoms with Gasteiger partial charge < -0.3 is 10.6 Å². The number of sulfone groups is 1. The summed E-state index contributed by atoms with van der Waals surface area (Å²) in [7, 11) is -3.05. The van der Waals surface area contributed by atoms with Crippen LogP contribution in [-0.2, 0) is 9.84 Å². The molecule has 2 amide bonds. The van der Waals surface area contributed by atoms with E-state index in [2.05, 4.69) is 10.6 Å². The fourth-order valence-electron chi connectivity index (χ4n) is 2.92. The second kappa shape index (κ2) is 7.05. The number of hydrogen-bond acceptors (Lipinski definition) is 3. The van der Waals surface area contributed by atoms with Gasteiger partial charge >= 0.3 is 6.03 Å². The topological polar surface area (TPSA) is 75.3 Å². The van der Waals surface area contributed by atoms with E-state index in [1.54, 1.807) is 0 Å². The largest absolute Gasteiger partial charge is 0.337 e. The summed E-state index contributed by atoms with van der Waals surface area (Å²) in [5, 5.41) is 5.03. The van der Waals surface area contributed by atoms with Crippen molar-refractivity contribution in [3.63, 3.8) is 0 Å². The van der Waals surface area contributed by atoms with Crippen molar-refractivity contribution < 1.29 is 13.2 Å². The van der Waals surface area contributed by atoms with E-state index in [-0.39, 0.29) is 18.3 Å². The van der Waals surface area contributed by atoms with Crippen molar-refractivity contribution in [2.45, 2.75) is 18.1 Å². The summed E-state index contributed by atoms with van der Waals surface area (Å²) < 4.78 is 23.6. The Morgan fingerprint density at radius 2 is 1.75 bits per heavy atom. The predicted octanol–water partition coefficient (Wildman–Crippen LogP) is 3.05. The van der Waals surface area contributed by atoms with E-state index in [9.17, 15) is 13.2 Å². The van der Waals surface area contributed by atoms with Crippen LogP contribution in [0.15, 0.2) is 54.6 Å². The Labute approximate surface area is 142 Å². The van der Waals surface area contributed by atoms with Crippen LogP contribution in [-0.4, -0.2) is 32.0 Å². The van der Waals surface area contributed by atoms with Gasteiger partial charge in [0, 0.05) is 12.1 Å². The average molecular weight is 344 g/mol. The fraction of sp³-hybridized carbons (Fsp3) is 0.278. The third-order valence-corrected chi connectivity index (χ3v) is 6.49. The van der Waals surface area contributed by atoms with Crippen LogP contribution in [0.2, 0.25) is 0 Å². The summed E-state index contributed by atoms with van der Waals surface area (Å²) in [4.78, 5) is 12.1. The van der Waals surface area contributed by atoms with E-state index < -0.39 is 15.1 Å². The van der Waals surface area contributed by atoms with E-state index in [1.807, 2.05) is 54.6 Å². The first kappa shape index (κ1) is 16.5. The van der Waals surface area contributed by atoms with Crippen LogP contribution in [0.4, 0.5) is 10.5 Å². The monoisotopic (exact) mass is 344 g/mol. The number of nitrogens with one attached hydrogen (secondary N) is 2. The zero-order chi connectivity index (χ0) is 17.0. The van der Waals surface area contributed by atoms with Crippen LogP contribution in [0.25, 0.3) is 11.1 Å². The second-order valence-corrected chi connectivity index (χ2v) is 8.28. The highest BCUT2D eigenvalue weighted by molar-refractivity contribution is 7.92. The van der Waals surface area contributed by atoms with Crippen molar-refractivity contribution in [3.8, 4) is 11.1 Å². The quantitative estimate of drug-likeness (QED) is 0.895. The first-order chi connectivity index (χ1) is 11.6. The zero-order valence-electron chi connectivity index (χ0n) is 13.2. The van der Waals surface area contributed by atoms with E-state index in [0.717, 1.165) is 11.1 Å². The van der Waals surface area contributed by atoms with Gasteiger partial charge in [0.1, 0.15) is 0 Å². The van der Waals surface area contributed by atoms with E-state index in [0.29, 0.717) is 18.5 Å². The average Bonchev–Trinajstić information content (AvgIpc) is 2.93. The molecule has 0 saturated carbocycles. The molecule has 1 unspecified atom stereocenters. The molecule has 1 atom stereocenters. The van der Waals surface area contributed by atoms with Gasteiger partial charge in [-0.1, -0.05) is 48.5 Å². The molecule has 2 aromatic carbocycles. The molecule has 1 fully saturated rings. The Morgan fingerprint density at radius 1 is 1.04 bits per heavy atom. The van der Waals surface area contributed by atoms with Crippen molar-refractivity contribution >= 4 is 21.6 Å². The Balaban J connectivity index is 1.67. The Kier molecular flexibility index (Phi) is 4.85. The standard InChI is InChI=1S/C18H20N2O3S/c21-18(19-13-15-9-6-12-24(15,22)23)20-17-11-5-4-10-16(17)14-7-2-1-3-8-14/h1-5,7-8,10-11,15H,6,9,12-13H2,(H2,19,20,21). The van der Waals surface area contributed by atoms with Gasteiger partial charge in [0.2, 0.25) is 0 Å². The number of hydrogen-bond donors (Lipinski definition) is 2. The Bertz CT molecular complexity index is 819. The molecule has 0 aliphatic carbocycles. The number of amides is 2. The molecule has 0 radical (unpaired) electrons. The van der Waals surface area contributed by atoms with Gasteiger partial charge in [-0.15, -0.1) is 0 Å². The molecule has 1 aliphatic rings. The third-order valence-electron chi connectivity index (χ3n) is 4.21. The molecule has 126 valence electrons. The molecule has 5 nitrogen and oxygen atoms in total. The number of benzene rings is 2. The van der Waals surface area contributed by atoms with Gasteiger partial charge in [-0.3, -0.25) is 0 Å². The lowest BCUT2D eigenvalue weighted by atomic mass is 10.0. The van der Waals surface area contributed by atoms with Gasteiger partial charge in [-0.25, -0.2) is 13.2 Å². The van der Waals surface area contributed by atoms with Crippen LogP contribution in [0.5, 0.6) is 0 Å². The number of urea groups is 1. The SMILES string of the molecule is O=C(NCC1CCCS1(=O)=O)Nc1ccccc1-c1ccccc1. The molecule has 1 aliphatic heterocycles. The molecule has 1 heterocycles. The maximum atomic E-state index is 12.1. The minimum Gasteiger partial charge on any atom is -0.337 e. The minimum absolute atomic E-state index is 0.154. The summed E-state index contributed by atoms with van der Waals surface area (Å²) in [6.45, 7) is 0.154. The summed E-state index contributed by atoms with van der Waals surface area (Å²) in [5.74, 6) is 0.220. The zero-order valence-corrected chi connectivity index (χ0v) is 14.1. The van der Waals surface area contributed by atoms with Gasteiger partial charge in [0.05, 0.1) is 16.7 Å². The number of carbonyl (C=O) groups is 1. The Morgan fingerprint density at radius 3 is 2.46 bits per heavy atom. The van der Waals surface area contributed by atoms with Crippen molar-refractivity contribution in [2.24, 2.45) is 0 Å². The first-order valence-electron chi connectivity index (χ1n) is 7.97. The molecule has 24 heavy (non-hydrogen) atoms. The van der Waals surface area contributed by atoms with E-state index in [1.165, 1.54) is 0 Å². The molecule has 0 bridgehead atoms. The molecule has 0 spiro atoms. The summed E-state index contributed by atoms with van der Waals surface area (Å²) in [5.41, 5.74) is 2.61. The van der Waals surface area contributed by atoms with Crippen LogP contribution >= 0.6 is 0 Å². The molecule has 3 rings (SSSR count). The number of para-hydroxylation sites is 1. The number of anilines is 1. The normalized spacial score (nSPS) is 18.9. The van der Waals surface area contributed by atoms with Crippen molar-refractivity contribution in [3.05, 3.63) is 54.6 Å². The Hall–Kier alpha value is -2.34. The smallest absolute Gasteiger partial charge is 0.319 e. The first-order valence-corrected chi connectivity index (χ1v) is 9.69. The van der Waals surface area contributed by atoms with Gasteiger partial charge in [-0.05, 0) is 24.5 Å². The highest BCUT2D eigenvalue weighted by atomic mass is 32.2. The van der Waals surface area contributed by atoms with Crippen LogP contribution in [0.3, 0.4) is 0 Å². The highest BCUT2D eigenvalue weighted by Gasteiger charge is 2.31. The third kappa shape index (κ3) is 3.76. The number of carbonyl (C=O) groups excluding carboxylic acids is 1. The summed E-state index contributed by atoms with van der Waals surface area (Å²) >= 11 is 0. The molecule has 0 aromatic heterocycles. The van der Waals surface area contributed by atoms with Crippen molar-refractivity contribution in [1.29, 1.82) is 0 Å². The molecular formula is C18H20N2O3S.